The Morgan fingerprint density at radius 3 is 2.71 bits per heavy atom. The fourth-order valence-corrected chi connectivity index (χ4v) is 5.60. The fraction of sp³-hybridized carbons (Fsp3) is 0.438. The van der Waals surface area contributed by atoms with Gasteiger partial charge in [-0.15, -0.1) is 11.3 Å². The molecule has 1 amide bonds. The summed E-state index contributed by atoms with van der Waals surface area (Å²) >= 11 is 1.14. The van der Waals surface area contributed by atoms with Gasteiger partial charge in [-0.2, -0.15) is 4.31 Å². The van der Waals surface area contributed by atoms with Crippen molar-refractivity contribution in [1.29, 1.82) is 0 Å². The summed E-state index contributed by atoms with van der Waals surface area (Å²) in [5.74, 6) is 0.227. The Labute approximate surface area is 145 Å². The van der Waals surface area contributed by atoms with E-state index >= 15 is 0 Å². The summed E-state index contributed by atoms with van der Waals surface area (Å²) < 4.78 is 32.4. The van der Waals surface area contributed by atoms with Crippen molar-refractivity contribution in [3.8, 4) is 0 Å². The van der Waals surface area contributed by atoms with Gasteiger partial charge in [0.25, 0.3) is 5.91 Å². The number of thiophene rings is 1. The maximum absolute atomic E-state index is 12.8. The zero-order valence-electron chi connectivity index (χ0n) is 13.4. The minimum Gasteiger partial charge on any atom is -0.467 e. The second kappa shape index (κ2) is 7.08. The van der Waals surface area contributed by atoms with Crippen LogP contribution >= 0.6 is 11.3 Å². The Kier molecular flexibility index (Phi) is 5.07. The monoisotopic (exact) mass is 368 g/mol. The fourth-order valence-electron chi connectivity index (χ4n) is 2.78. The van der Waals surface area contributed by atoms with Gasteiger partial charge >= 0.3 is 0 Å². The number of nitrogens with one attached hydrogen (secondary N) is 1. The SMILES string of the molecule is C[C@H](NC(=O)c1sccc1S(=O)(=O)N1CCCCC1)c1ccco1. The van der Waals surface area contributed by atoms with Crippen LogP contribution in [-0.4, -0.2) is 31.7 Å². The maximum Gasteiger partial charge on any atom is 0.263 e. The van der Waals surface area contributed by atoms with Crippen LogP contribution in [0.4, 0.5) is 0 Å². The molecule has 1 saturated heterocycles. The van der Waals surface area contributed by atoms with E-state index in [1.807, 2.05) is 0 Å². The Morgan fingerprint density at radius 2 is 2.04 bits per heavy atom. The lowest BCUT2D eigenvalue weighted by Crippen LogP contribution is -2.36. The van der Waals surface area contributed by atoms with Crippen molar-refractivity contribution >= 4 is 27.3 Å². The van der Waals surface area contributed by atoms with Crippen LogP contribution < -0.4 is 5.32 Å². The minimum absolute atomic E-state index is 0.0959. The molecule has 2 aromatic rings. The van der Waals surface area contributed by atoms with Gasteiger partial charge in [0.1, 0.15) is 15.5 Å². The molecule has 3 heterocycles. The molecule has 1 aliphatic heterocycles. The number of amides is 1. The quantitative estimate of drug-likeness (QED) is 0.880. The molecule has 3 rings (SSSR count). The molecule has 1 aliphatic rings. The van der Waals surface area contributed by atoms with Crippen molar-refractivity contribution in [2.75, 3.05) is 13.1 Å². The van der Waals surface area contributed by atoms with E-state index in [0.29, 0.717) is 18.8 Å². The van der Waals surface area contributed by atoms with Crippen LogP contribution in [0.3, 0.4) is 0 Å². The summed E-state index contributed by atoms with van der Waals surface area (Å²) in [4.78, 5) is 12.9. The number of carbonyl (C=O) groups is 1. The average molecular weight is 368 g/mol. The summed E-state index contributed by atoms with van der Waals surface area (Å²) in [7, 11) is -3.62. The highest BCUT2D eigenvalue weighted by atomic mass is 32.2. The summed E-state index contributed by atoms with van der Waals surface area (Å²) in [5, 5.41) is 4.44. The number of hydrogen-bond acceptors (Lipinski definition) is 5. The zero-order valence-corrected chi connectivity index (χ0v) is 15.0. The first-order valence-electron chi connectivity index (χ1n) is 7.92. The molecule has 130 valence electrons. The average Bonchev–Trinajstić information content (AvgIpc) is 3.27. The van der Waals surface area contributed by atoms with Gasteiger partial charge in [-0.1, -0.05) is 6.42 Å². The van der Waals surface area contributed by atoms with Gasteiger partial charge in [0.05, 0.1) is 12.3 Å². The first-order chi connectivity index (χ1) is 11.5. The van der Waals surface area contributed by atoms with Gasteiger partial charge < -0.3 is 9.73 Å². The van der Waals surface area contributed by atoms with Crippen LogP contribution in [0.25, 0.3) is 0 Å². The number of sulfonamides is 1. The molecule has 0 aromatic carbocycles. The highest BCUT2D eigenvalue weighted by Crippen LogP contribution is 2.28. The summed E-state index contributed by atoms with van der Waals surface area (Å²) in [6.45, 7) is 2.83. The van der Waals surface area contributed by atoms with Crippen LogP contribution in [0.15, 0.2) is 39.2 Å². The minimum atomic E-state index is -3.62. The maximum atomic E-state index is 12.8. The lowest BCUT2D eigenvalue weighted by Gasteiger charge is -2.25. The van der Waals surface area contributed by atoms with Crippen molar-refractivity contribution in [2.24, 2.45) is 0 Å². The third-order valence-corrected chi connectivity index (χ3v) is 7.07. The Morgan fingerprint density at radius 1 is 1.29 bits per heavy atom. The molecular weight excluding hydrogens is 348 g/mol. The molecule has 0 saturated carbocycles. The Hall–Kier alpha value is -1.64. The van der Waals surface area contributed by atoms with E-state index in [1.54, 1.807) is 24.4 Å². The van der Waals surface area contributed by atoms with Gasteiger partial charge in [-0.25, -0.2) is 8.42 Å². The molecule has 0 unspecified atom stereocenters. The molecule has 1 fully saturated rings. The second-order valence-corrected chi connectivity index (χ2v) is 8.61. The van der Waals surface area contributed by atoms with Crippen molar-refractivity contribution in [2.45, 2.75) is 37.1 Å². The largest absolute Gasteiger partial charge is 0.467 e. The van der Waals surface area contributed by atoms with Gasteiger partial charge in [-0.05, 0) is 43.3 Å². The third kappa shape index (κ3) is 3.40. The van der Waals surface area contributed by atoms with Crippen LogP contribution in [0.2, 0.25) is 0 Å². The van der Waals surface area contributed by atoms with E-state index in [2.05, 4.69) is 5.32 Å². The van der Waals surface area contributed by atoms with Gasteiger partial charge in [0.2, 0.25) is 10.0 Å². The second-order valence-electron chi connectivity index (χ2n) is 5.79. The van der Waals surface area contributed by atoms with Gasteiger partial charge in [-0.3, -0.25) is 4.79 Å². The standard InChI is InChI=1S/C16H20N2O4S2/c1-12(13-6-5-10-22-13)17-16(19)15-14(7-11-23-15)24(20,21)18-8-3-2-4-9-18/h5-7,10-12H,2-4,8-9H2,1H3,(H,17,19)/t12-/m0/s1. The van der Waals surface area contributed by atoms with E-state index in [1.165, 1.54) is 16.6 Å². The number of piperidine rings is 1. The molecule has 1 atom stereocenters. The van der Waals surface area contributed by atoms with Crippen LogP contribution in [0, 0.1) is 0 Å². The normalized spacial score (nSPS) is 17.5. The molecule has 6 nitrogen and oxygen atoms in total. The van der Waals surface area contributed by atoms with E-state index in [4.69, 9.17) is 4.42 Å². The van der Waals surface area contributed by atoms with Crippen LogP contribution in [0.5, 0.6) is 0 Å². The summed E-state index contributed by atoms with van der Waals surface area (Å²) in [5.41, 5.74) is 0. The lowest BCUT2D eigenvalue weighted by atomic mass is 10.2. The molecule has 0 aliphatic carbocycles. The molecule has 0 radical (unpaired) electrons. The molecule has 0 spiro atoms. The number of rotatable bonds is 5. The molecular formula is C16H20N2O4S2. The van der Waals surface area contributed by atoms with Gasteiger partial charge in [0, 0.05) is 13.1 Å². The number of nitrogens with zero attached hydrogens (tertiary/aromatic N) is 1. The number of furan rings is 1. The van der Waals surface area contributed by atoms with Crippen molar-refractivity contribution in [1.82, 2.24) is 9.62 Å². The molecule has 24 heavy (non-hydrogen) atoms. The highest BCUT2D eigenvalue weighted by molar-refractivity contribution is 7.89. The number of carbonyl (C=O) groups excluding carboxylic acids is 1. The lowest BCUT2D eigenvalue weighted by molar-refractivity contribution is 0.0936. The topological polar surface area (TPSA) is 79.6 Å². The Bertz CT molecular complexity index is 790. The smallest absolute Gasteiger partial charge is 0.263 e. The summed E-state index contributed by atoms with van der Waals surface area (Å²) in [6, 6.07) is 4.70. The number of hydrogen-bond donors (Lipinski definition) is 1. The van der Waals surface area contributed by atoms with E-state index < -0.39 is 15.9 Å². The first kappa shape index (κ1) is 17.2. The van der Waals surface area contributed by atoms with Crippen molar-refractivity contribution in [3.63, 3.8) is 0 Å². The molecule has 1 N–H and O–H groups in total. The molecule has 2 aromatic heterocycles. The van der Waals surface area contributed by atoms with E-state index in [0.717, 1.165) is 30.6 Å². The van der Waals surface area contributed by atoms with Crippen molar-refractivity contribution < 1.29 is 17.6 Å². The van der Waals surface area contributed by atoms with Crippen LogP contribution in [0.1, 0.15) is 47.7 Å². The van der Waals surface area contributed by atoms with E-state index in [9.17, 15) is 13.2 Å². The van der Waals surface area contributed by atoms with Crippen molar-refractivity contribution in [3.05, 3.63) is 40.5 Å². The first-order valence-corrected chi connectivity index (χ1v) is 10.2. The Balaban J connectivity index is 1.80. The summed E-state index contributed by atoms with van der Waals surface area (Å²) in [6.07, 6.45) is 4.31. The highest BCUT2D eigenvalue weighted by Gasteiger charge is 2.31. The van der Waals surface area contributed by atoms with Crippen LogP contribution in [-0.2, 0) is 10.0 Å². The third-order valence-electron chi connectivity index (χ3n) is 4.09. The van der Waals surface area contributed by atoms with Gasteiger partial charge in [0.15, 0.2) is 0 Å². The predicted octanol–water partition coefficient (Wildman–Crippen LogP) is 3.01. The predicted molar refractivity (Wildman–Crippen MR) is 91.5 cm³/mol. The van der Waals surface area contributed by atoms with E-state index in [-0.39, 0.29) is 15.8 Å². The molecule has 0 bridgehead atoms. The molecule has 8 heteroatoms. The zero-order chi connectivity index (χ0) is 17.2.